The van der Waals surface area contributed by atoms with Crippen LogP contribution in [0.25, 0.3) is 4.96 Å². The average molecular weight is 388 g/mol. The van der Waals surface area contributed by atoms with Crippen molar-refractivity contribution in [3.05, 3.63) is 40.5 Å². The van der Waals surface area contributed by atoms with Crippen LogP contribution in [0.4, 0.5) is 0 Å². The number of methoxy groups -OCH3 is 1. The molecule has 144 valence electrons. The number of hydrogen-bond acceptors (Lipinski definition) is 7. The quantitative estimate of drug-likeness (QED) is 0.741. The van der Waals surface area contributed by atoms with Crippen molar-refractivity contribution in [3.8, 4) is 11.6 Å². The Bertz CT molecular complexity index is 944. The Morgan fingerprint density at radius 1 is 1.30 bits per heavy atom. The van der Waals surface area contributed by atoms with E-state index >= 15 is 0 Å². The standard InChI is InChI=1S/C19H24N4O3S/c1-11-9-22(10-12(2)26-11)16(14-6-5-7-15(8-14)25-4)17-18(24)23-19(27-17)20-13(3)21-23/h5-8,11-12,16,24H,9-10H2,1-4H3/t11-,12-,16+/m0/s1. The van der Waals surface area contributed by atoms with Crippen LogP contribution < -0.4 is 4.74 Å². The van der Waals surface area contributed by atoms with Crippen LogP contribution in [-0.4, -0.2) is 57.0 Å². The molecule has 1 fully saturated rings. The molecule has 3 heterocycles. The van der Waals surface area contributed by atoms with Crippen molar-refractivity contribution in [1.29, 1.82) is 0 Å². The number of ether oxygens (including phenoxy) is 2. The minimum absolute atomic E-state index is 0.119. The number of aryl methyl sites for hydroxylation is 1. The number of thiazole rings is 1. The third-order valence-electron chi connectivity index (χ3n) is 4.78. The van der Waals surface area contributed by atoms with E-state index in [2.05, 4.69) is 34.9 Å². The first-order valence-electron chi connectivity index (χ1n) is 9.04. The molecule has 3 atom stereocenters. The second-order valence-corrected chi connectivity index (χ2v) is 8.04. The zero-order valence-electron chi connectivity index (χ0n) is 15.9. The number of hydrogen-bond donors (Lipinski definition) is 1. The van der Waals surface area contributed by atoms with Crippen molar-refractivity contribution < 1.29 is 14.6 Å². The first kappa shape index (κ1) is 18.2. The van der Waals surface area contributed by atoms with E-state index in [0.29, 0.717) is 10.8 Å². The van der Waals surface area contributed by atoms with E-state index < -0.39 is 0 Å². The maximum absolute atomic E-state index is 10.9. The average Bonchev–Trinajstić information content (AvgIpc) is 3.12. The van der Waals surface area contributed by atoms with Gasteiger partial charge in [-0.2, -0.15) is 4.52 Å². The zero-order valence-corrected chi connectivity index (χ0v) is 16.7. The molecule has 1 aliphatic rings. The maximum Gasteiger partial charge on any atom is 0.230 e. The molecule has 7 nitrogen and oxygen atoms in total. The highest BCUT2D eigenvalue weighted by Crippen LogP contribution is 2.41. The molecule has 0 unspecified atom stereocenters. The molecule has 27 heavy (non-hydrogen) atoms. The third-order valence-corrected chi connectivity index (χ3v) is 5.85. The zero-order chi connectivity index (χ0) is 19.1. The summed E-state index contributed by atoms with van der Waals surface area (Å²) in [5.41, 5.74) is 1.06. The molecule has 8 heteroatoms. The van der Waals surface area contributed by atoms with Gasteiger partial charge in [-0.3, -0.25) is 4.90 Å². The van der Waals surface area contributed by atoms with Crippen LogP contribution >= 0.6 is 11.3 Å². The fourth-order valence-electron chi connectivity index (χ4n) is 3.79. The van der Waals surface area contributed by atoms with Crippen molar-refractivity contribution in [2.45, 2.75) is 39.0 Å². The highest BCUT2D eigenvalue weighted by atomic mass is 32.1. The first-order chi connectivity index (χ1) is 13.0. The molecule has 0 amide bonds. The SMILES string of the molecule is COc1cccc([C@H](c2sc3nc(C)nn3c2O)N2C[C@H](C)O[C@@H](C)C2)c1. The van der Waals surface area contributed by atoms with E-state index in [0.717, 1.165) is 29.3 Å². The summed E-state index contributed by atoms with van der Waals surface area (Å²) >= 11 is 1.47. The van der Waals surface area contributed by atoms with Crippen molar-refractivity contribution in [1.82, 2.24) is 19.5 Å². The van der Waals surface area contributed by atoms with Crippen LogP contribution in [0.5, 0.6) is 11.6 Å². The Kier molecular flexibility index (Phi) is 4.79. The summed E-state index contributed by atoms with van der Waals surface area (Å²) < 4.78 is 12.9. The van der Waals surface area contributed by atoms with Gasteiger partial charge in [0.1, 0.15) is 11.6 Å². The van der Waals surface area contributed by atoms with Gasteiger partial charge in [-0.25, -0.2) is 4.98 Å². The first-order valence-corrected chi connectivity index (χ1v) is 9.86. The summed E-state index contributed by atoms with van der Waals surface area (Å²) in [7, 11) is 1.66. The Morgan fingerprint density at radius 2 is 2.04 bits per heavy atom. The van der Waals surface area contributed by atoms with E-state index in [1.807, 2.05) is 25.1 Å². The second kappa shape index (κ2) is 7.10. The van der Waals surface area contributed by atoms with E-state index in [9.17, 15) is 5.11 Å². The molecule has 1 aromatic carbocycles. The number of benzene rings is 1. The fourth-order valence-corrected chi connectivity index (χ4v) is 4.96. The minimum atomic E-state index is -0.122. The van der Waals surface area contributed by atoms with Gasteiger partial charge in [0, 0.05) is 13.1 Å². The van der Waals surface area contributed by atoms with E-state index in [4.69, 9.17) is 9.47 Å². The topological polar surface area (TPSA) is 72.1 Å². The molecule has 4 rings (SSSR count). The predicted molar refractivity (Wildman–Crippen MR) is 104 cm³/mol. The molecule has 1 saturated heterocycles. The van der Waals surface area contributed by atoms with Crippen LogP contribution in [0.15, 0.2) is 24.3 Å². The monoisotopic (exact) mass is 388 g/mol. The van der Waals surface area contributed by atoms with Crippen LogP contribution in [-0.2, 0) is 4.74 Å². The molecule has 0 radical (unpaired) electrons. The van der Waals surface area contributed by atoms with E-state index in [1.54, 1.807) is 7.11 Å². The van der Waals surface area contributed by atoms with Gasteiger partial charge in [0.2, 0.25) is 10.8 Å². The van der Waals surface area contributed by atoms with Gasteiger partial charge >= 0.3 is 0 Å². The Balaban J connectivity index is 1.83. The number of fused-ring (bicyclic) bond motifs is 1. The molecule has 2 aromatic heterocycles. The fraction of sp³-hybridized carbons (Fsp3) is 0.474. The van der Waals surface area contributed by atoms with Crippen LogP contribution in [0.2, 0.25) is 0 Å². The summed E-state index contributed by atoms with van der Waals surface area (Å²) in [5.74, 6) is 1.59. The highest BCUT2D eigenvalue weighted by molar-refractivity contribution is 7.17. The minimum Gasteiger partial charge on any atom is -0.497 e. The van der Waals surface area contributed by atoms with E-state index in [-0.39, 0.29) is 24.1 Å². The van der Waals surface area contributed by atoms with Crippen molar-refractivity contribution in [2.75, 3.05) is 20.2 Å². The Morgan fingerprint density at radius 3 is 2.70 bits per heavy atom. The largest absolute Gasteiger partial charge is 0.497 e. The molecule has 1 N–H and O–H groups in total. The lowest BCUT2D eigenvalue weighted by atomic mass is 10.0. The lowest BCUT2D eigenvalue weighted by Crippen LogP contribution is -2.47. The summed E-state index contributed by atoms with van der Waals surface area (Å²) in [5, 5.41) is 15.2. The highest BCUT2D eigenvalue weighted by Gasteiger charge is 2.34. The normalized spacial score (nSPS) is 22.2. The number of aromatic hydroxyl groups is 1. The summed E-state index contributed by atoms with van der Waals surface area (Å²) in [6.45, 7) is 7.54. The number of nitrogens with zero attached hydrogens (tertiary/aromatic N) is 4. The molecule has 0 bridgehead atoms. The summed E-state index contributed by atoms with van der Waals surface area (Å²) in [6.07, 6.45) is 0.238. The lowest BCUT2D eigenvalue weighted by molar-refractivity contribution is -0.0764. The molecular formula is C19H24N4O3S. The molecule has 0 aliphatic carbocycles. The number of aromatic nitrogens is 3. The van der Waals surface area contributed by atoms with Gasteiger partial charge < -0.3 is 14.6 Å². The van der Waals surface area contributed by atoms with Gasteiger partial charge in [-0.1, -0.05) is 23.5 Å². The summed E-state index contributed by atoms with van der Waals surface area (Å²) in [6, 6.07) is 7.88. The third kappa shape index (κ3) is 3.40. The van der Waals surface area contributed by atoms with Gasteiger partial charge in [0.15, 0.2) is 0 Å². The van der Waals surface area contributed by atoms with Crippen LogP contribution in [0, 0.1) is 6.92 Å². The second-order valence-electron chi connectivity index (χ2n) is 7.03. The molecule has 1 aliphatic heterocycles. The maximum atomic E-state index is 10.9. The lowest BCUT2D eigenvalue weighted by Gasteiger charge is -2.40. The predicted octanol–water partition coefficient (Wildman–Crippen LogP) is 3.01. The number of rotatable bonds is 4. The summed E-state index contributed by atoms with van der Waals surface area (Å²) in [4.78, 5) is 8.30. The van der Waals surface area contributed by atoms with E-state index in [1.165, 1.54) is 15.9 Å². The molecule has 0 saturated carbocycles. The number of morpholine rings is 1. The molecule has 3 aromatic rings. The molecular weight excluding hydrogens is 364 g/mol. The van der Waals surface area contributed by atoms with Gasteiger partial charge in [-0.15, -0.1) is 5.10 Å². The van der Waals surface area contributed by atoms with Crippen molar-refractivity contribution in [3.63, 3.8) is 0 Å². The van der Waals surface area contributed by atoms with Gasteiger partial charge in [-0.05, 0) is 38.5 Å². The van der Waals surface area contributed by atoms with Crippen molar-refractivity contribution >= 4 is 16.3 Å². The smallest absolute Gasteiger partial charge is 0.230 e. The Hall–Kier alpha value is -2.16. The van der Waals surface area contributed by atoms with Gasteiger partial charge in [0.05, 0.1) is 30.2 Å². The Labute approximate surface area is 162 Å². The van der Waals surface area contributed by atoms with Crippen molar-refractivity contribution in [2.24, 2.45) is 0 Å². The van der Waals surface area contributed by atoms with Gasteiger partial charge in [0.25, 0.3) is 0 Å². The van der Waals surface area contributed by atoms with Crippen LogP contribution in [0.3, 0.4) is 0 Å². The van der Waals surface area contributed by atoms with Crippen LogP contribution in [0.1, 0.15) is 36.2 Å². The molecule has 0 spiro atoms.